The summed E-state index contributed by atoms with van der Waals surface area (Å²) in [5.74, 6) is 0.258. The predicted octanol–water partition coefficient (Wildman–Crippen LogP) is 2.40. The molecule has 3 aromatic rings. The predicted molar refractivity (Wildman–Crippen MR) is 95.6 cm³/mol. The number of aromatic nitrogens is 2. The number of aliphatic hydroxyl groups is 1. The molecule has 0 bridgehead atoms. The van der Waals surface area contributed by atoms with Crippen molar-refractivity contribution in [2.24, 2.45) is 0 Å². The molecule has 0 spiro atoms. The fourth-order valence-electron chi connectivity index (χ4n) is 2.42. The molecule has 2 aromatic carbocycles. The van der Waals surface area contributed by atoms with Crippen LogP contribution < -0.4 is 10.3 Å². The number of rotatable bonds is 6. The van der Waals surface area contributed by atoms with E-state index < -0.39 is 11.0 Å². The summed E-state index contributed by atoms with van der Waals surface area (Å²) in [6, 6.07) is 10.4. The molecule has 0 saturated carbocycles. The summed E-state index contributed by atoms with van der Waals surface area (Å²) >= 11 is 5.91. The van der Waals surface area contributed by atoms with Gasteiger partial charge in [-0.05, 0) is 24.3 Å². The molecule has 9 heteroatoms. The van der Waals surface area contributed by atoms with Crippen molar-refractivity contribution in [1.29, 1.82) is 0 Å². The van der Waals surface area contributed by atoms with E-state index in [0.29, 0.717) is 15.9 Å². The third-order valence-corrected chi connectivity index (χ3v) is 3.90. The van der Waals surface area contributed by atoms with Gasteiger partial charge in [0.25, 0.3) is 11.2 Å². The topological polar surface area (TPSA) is 107 Å². The van der Waals surface area contributed by atoms with Gasteiger partial charge in [-0.3, -0.25) is 19.5 Å². The van der Waals surface area contributed by atoms with Crippen molar-refractivity contribution < 1.29 is 14.8 Å². The maximum atomic E-state index is 12.4. The molecule has 0 unspecified atom stereocenters. The minimum Gasteiger partial charge on any atom is -0.491 e. The first-order valence-corrected chi connectivity index (χ1v) is 8.02. The zero-order valence-electron chi connectivity index (χ0n) is 13.4. The van der Waals surface area contributed by atoms with Gasteiger partial charge < -0.3 is 9.84 Å². The molecule has 1 N–H and O–H groups in total. The first-order valence-electron chi connectivity index (χ1n) is 7.64. The van der Waals surface area contributed by atoms with Gasteiger partial charge >= 0.3 is 0 Å². The first kappa shape index (κ1) is 17.8. The van der Waals surface area contributed by atoms with Crippen molar-refractivity contribution in [2.45, 2.75) is 12.6 Å². The lowest BCUT2D eigenvalue weighted by Gasteiger charge is -2.14. The molecule has 0 aliphatic rings. The van der Waals surface area contributed by atoms with Crippen molar-refractivity contribution >= 4 is 28.2 Å². The normalized spacial score (nSPS) is 12.1. The van der Waals surface area contributed by atoms with Crippen LogP contribution in [0, 0.1) is 10.1 Å². The molecule has 0 amide bonds. The van der Waals surface area contributed by atoms with Gasteiger partial charge in [-0.15, -0.1) is 0 Å². The van der Waals surface area contributed by atoms with E-state index in [-0.39, 0.29) is 30.1 Å². The Balaban J connectivity index is 1.70. The number of hydrogen-bond acceptors (Lipinski definition) is 6. The average molecular weight is 376 g/mol. The van der Waals surface area contributed by atoms with Gasteiger partial charge in [0.15, 0.2) is 0 Å². The summed E-state index contributed by atoms with van der Waals surface area (Å²) in [5, 5.41) is 21.6. The summed E-state index contributed by atoms with van der Waals surface area (Å²) < 4.78 is 6.63. The van der Waals surface area contributed by atoms with Gasteiger partial charge in [-0.1, -0.05) is 17.7 Å². The molecule has 134 valence electrons. The Morgan fingerprint density at radius 3 is 2.88 bits per heavy atom. The van der Waals surface area contributed by atoms with Crippen LogP contribution in [0.15, 0.2) is 53.6 Å². The van der Waals surface area contributed by atoms with E-state index in [1.54, 1.807) is 18.2 Å². The molecular formula is C17H14ClN3O5. The van der Waals surface area contributed by atoms with Crippen molar-refractivity contribution in [3.05, 3.63) is 74.3 Å². The Morgan fingerprint density at radius 2 is 2.12 bits per heavy atom. The molecule has 1 atom stereocenters. The molecular weight excluding hydrogens is 362 g/mol. The van der Waals surface area contributed by atoms with E-state index in [9.17, 15) is 20.0 Å². The van der Waals surface area contributed by atoms with E-state index in [1.807, 2.05) is 0 Å². The molecule has 0 aliphatic heterocycles. The summed E-state index contributed by atoms with van der Waals surface area (Å²) in [4.78, 5) is 26.8. The highest BCUT2D eigenvalue weighted by Crippen LogP contribution is 2.19. The number of aliphatic hydroxyl groups excluding tert-OH is 1. The fraction of sp³-hybridized carbons (Fsp3) is 0.176. The van der Waals surface area contributed by atoms with Crippen molar-refractivity contribution in [3.8, 4) is 5.75 Å². The third-order valence-electron chi connectivity index (χ3n) is 3.66. The zero-order valence-corrected chi connectivity index (χ0v) is 14.2. The highest BCUT2D eigenvalue weighted by molar-refractivity contribution is 6.31. The average Bonchev–Trinajstić information content (AvgIpc) is 2.63. The van der Waals surface area contributed by atoms with Crippen LogP contribution in [0.3, 0.4) is 0 Å². The highest BCUT2D eigenvalue weighted by Gasteiger charge is 2.12. The van der Waals surface area contributed by atoms with Crippen LogP contribution >= 0.6 is 11.6 Å². The monoisotopic (exact) mass is 375 g/mol. The van der Waals surface area contributed by atoms with Crippen LogP contribution in [0.1, 0.15) is 0 Å². The number of nitro groups is 1. The quantitative estimate of drug-likeness (QED) is 0.523. The lowest BCUT2D eigenvalue weighted by Crippen LogP contribution is -2.30. The summed E-state index contributed by atoms with van der Waals surface area (Å²) in [6.07, 6.45) is 0.334. The molecule has 3 rings (SSSR count). The van der Waals surface area contributed by atoms with Crippen molar-refractivity contribution in [3.63, 3.8) is 0 Å². The van der Waals surface area contributed by atoms with Gasteiger partial charge in [-0.2, -0.15) is 0 Å². The summed E-state index contributed by atoms with van der Waals surface area (Å²) in [5.41, 5.74) is 0.0775. The molecule has 1 aromatic heterocycles. The molecule has 0 radical (unpaired) electrons. The number of hydrogen-bond donors (Lipinski definition) is 1. The number of halogens is 1. The second-order valence-electron chi connectivity index (χ2n) is 5.58. The molecule has 1 heterocycles. The van der Waals surface area contributed by atoms with Gasteiger partial charge in [0.05, 0.1) is 34.8 Å². The largest absolute Gasteiger partial charge is 0.491 e. The van der Waals surface area contributed by atoms with Crippen LogP contribution in [0.2, 0.25) is 5.02 Å². The van der Waals surface area contributed by atoms with Crippen molar-refractivity contribution in [2.75, 3.05) is 6.61 Å². The van der Waals surface area contributed by atoms with Gasteiger partial charge in [0, 0.05) is 11.1 Å². The van der Waals surface area contributed by atoms with Crippen LogP contribution in [0.5, 0.6) is 5.75 Å². The molecule has 0 fully saturated rings. The Bertz CT molecular complexity index is 1020. The zero-order chi connectivity index (χ0) is 18.7. The van der Waals surface area contributed by atoms with Crippen molar-refractivity contribution in [1.82, 2.24) is 9.55 Å². The summed E-state index contributed by atoms with van der Waals surface area (Å²) in [6.45, 7) is -0.176. The molecule has 26 heavy (non-hydrogen) atoms. The van der Waals surface area contributed by atoms with E-state index in [1.165, 1.54) is 35.2 Å². The minimum absolute atomic E-state index is 0.0385. The Kier molecular flexibility index (Phi) is 5.15. The Labute approximate surface area is 152 Å². The van der Waals surface area contributed by atoms with E-state index in [4.69, 9.17) is 16.3 Å². The standard InChI is InChI=1S/C17H14ClN3O5/c18-11-4-5-16-15(6-11)17(23)20(10-19-16)8-13(22)9-26-14-3-1-2-12(7-14)21(24)25/h1-7,10,13,22H,8-9H2/t13-/m0/s1. The highest BCUT2D eigenvalue weighted by atomic mass is 35.5. The lowest BCUT2D eigenvalue weighted by atomic mass is 10.2. The lowest BCUT2D eigenvalue weighted by molar-refractivity contribution is -0.384. The maximum Gasteiger partial charge on any atom is 0.273 e. The SMILES string of the molecule is O=c1c2cc(Cl)ccc2ncn1C[C@H](O)COc1cccc([N+](=O)[O-])c1. The van der Waals surface area contributed by atoms with Gasteiger partial charge in [0.1, 0.15) is 18.5 Å². The molecule has 8 nitrogen and oxygen atoms in total. The fourth-order valence-corrected chi connectivity index (χ4v) is 2.59. The smallest absolute Gasteiger partial charge is 0.273 e. The number of nitrogens with zero attached hydrogens (tertiary/aromatic N) is 3. The number of ether oxygens (including phenoxy) is 1. The van der Waals surface area contributed by atoms with E-state index >= 15 is 0 Å². The molecule has 0 aliphatic carbocycles. The second kappa shape index (κ2) is 7.51. The van der Waals surface area contributed by atoms with Crippen LogP contribution in [-0.2, 0) is 6.54 Å². The summed E-state index contributed by atoms with van der Waals surface area (Å²) in [7, 11) is 0. The number of benzene rings is 2. The Hall–Kier alpha value is -2.97. The first-order chi connectivity index (χ1) is 12.4. The third kappa shape index (κ3) is 3.98. The van der Waals surface area contributed by atoms with E-state index in [0.717, 1.165) is 0 Å². The van der Waals surface area contributed by atoms with Gasteiger partial charge in [0.2, 0.25) is 0 Å². The maximum absolute atomic E-state index is 12.4. The number of non-ortho nitro benzene ring substituents is 1. The van der Waals surface area contributed by atoms with Crippen LogP contribution in [0.25, 0.3) is 10.9 Å². The second-order valence-corrected chi connectivity index (χ2v) is 6.02. The number of fused-ring (bicyclic) bond motifs is 1. The Morgan fingerprint density at radius 1 is 1.31 bits per heavy atom. The van der Waals surface area contributed by atoms with Gasteiger partial charge in [-0.25, -0.2) is 4.98 Å². The van der Waals surface area contributed by atoms with E-state index in [2.05, 4.69) is 4.98 Å². The van der Waals surface area contributed by atoms with Crippen LogP contribution in [0.4, 0.5) is 5.69 Å². The minimum atomic E-state index is -1.01. The van der Waals surface area contributed by atoms with Crippen LogP contribution in [-0.4, -0.2) is 32.3 Å². The molecule has 0 saturated heterocycles. The number of nitro benzene ring substituents is 1.